The van der Waals surface area contributed by atoms with Crippen molar-refractivity contribution in [2.24, 2.45) is 0 Å². The molecule has 2 aromatic heterocycles. The second-order valence-corrected chi connectivity index (χ2v) is 4.83. The summed E-state index contributed by atoms with van der Waals surface area (Å²) < 4.78 is 5.97. The third kappa shape index (κ3) is 1.88. The van der Waals surface area contributed by atoms with Gasteiger partial charge in [-0.1, -0.05) is 21.1 Å². The summed E-state index contributed by atoms with van der Waals surface area (Å²) in [6, 6.07) is 5.83. The molecule has 5 nitrogen and oxygen atoms in total. The first-order valence-corrected chi connectivity index (χ1v) is 6.17. The molecule has 0 aliphatic carbocycles. The van der Waals surface area contributed by atoms with Gasteiger partial charge in [0.2, 0.25) is 11.7 Å². The molecule has 0 fully saturated rings. The third-order valence-electron chi connectivity index (χ3n) is 2.51. The molecule has 0 saturated heterocycles. The van der Waals surface area contributed by atoms with E-state index in [1.165, 1.54) is 0 Å². The Hall–Kier alpha value is -1.82. The number of rotatable bonds is 1. The highest BCUT2D eigenvalue weighted by Gasteiger charge is 2.13. The lowest BCUT2D eigenvalue weighted by atomic mass is 10.2. The Morgan fingerprint density at radius 2 is 1.94 bits per heavy atom. The van der Waals surface area contributed by atoms with E-state index in [-0.39, 0.29) is 0 Å². The van der Waals surface area contributed by atoms with Crippen molar-refractivity contribution in [1.82, 2.24) is 20.1 Å². The molecule has 3 aromatic rings. The van der Waals surface area contributed by atoms with Crippen LogP contribution in [0.25, 0.3) is 22.4 Å². The number of aryl methyl sites for hydroxylation is 2. The number of fused-ring (bicyclic) bond motifs is 1. The van der Waals surface area contributed by atoms with Gasteiger partial charge in [0.1, 0.15) is 11.5 Å². The Balaban J connectivity index is 2.36. The van der Waals surface area contributed by atoms with E-state index in [1.807, 2.05) is 25.1 Å². The summed E-state index contributed by atoms with van der Waals surface area (Å²) in [5, 5.41) is 4.81. The van der Waals surface area contributed by atoms with Crippen LogP contribution in [-0.4, -0.2) is 20.1 Å². The van der Waals surface area contributed by atoms with E-state index in [0.29, 0.717) is 23.2 Å². The highest BCUT2D eigenvalue weighted by molar-refractivity contribution is 9.10. The monoisotopic (exact) mass is 304 g/mol. The van der Waals surface area contributed by atoms with E-state index in [4.69, 9.17) is 4.52 Å². The van der Waals surface area contributed by atoms with Crippen molar-refractivity contribution >= 4 is 26.8 Å². The van der Waals surface area contributed by atoms with Crippen LogP contribution >= 0.6 is 15.9 Å². The molecule has 1 aromatic carbocycles. The van der Waals surface area contributed by atoms with E-state index in [2.05, 4.69) is 36.0 Å². The molecular weight excluding hydrogens is 296 g/mol. The zero-order chi connectivity index (χ0) is 12.7. The largest absolute Gasteiger partial charge is 0.339 e. The van der Waals surface area contributed by atoms with Crippen LogP contribution in [0.3, 0.4) is 0 Å². The average Bonchev–Trinajstić information content (AvgIpc) is 2.75. The second kappa shape index (κ2) is 4.13. The van der Waals surface area contributed by atoms with Crippen molar-refractivity contribution in [1.29, 1.82) is 0 Å². The predicted octanol–water partition coefficient (Wildman–Crippen LogP) is 3.06. The van der Waals surface area contributed by atoms with E-state index in [9.17, 15) is 0 Å². The topological polar surface area (TPSA) is 64.7 Å². The molecular formula is C12H9BrN4O. The maximum atomic E-state index is 5.00. The number of hydrogen-bond donors (Lipinski definition) is 0. The van der Waals surface area contributed by atoms with E-state index in [0.717, 1.165) is 15.4 Å². The number of hydrogen-bond acceptors (Lipinski definition) is 5. The van der Waals surface area contributed by atoms with Crippen LogP contribution in [0.1, 0.15) is 11.7 Å². The highest BCUT2D eigenvalue weighted by atomic mass is 79.9. The SMILES string of the molecule is Cc1nc(-c2noc(C)n2)c2cc(Br)ccc2n1. The standard InChI is InChI=1S/C12H9BrN4O/c1-6-14-10-4-3-8(13)5-9(10)11(15-6)12-16-7(2)18-17-12/h3-5H,1-2H3. The first-order valence-electron chi connectivity index (χ1n) is 5.38. The van der Waals surface area contributed by atoms with E-state index < -0.39 is 0 Å². The summed E-state index contributed by atoms with van der Waals surface area (Å²) in [6.07, 6.45) is 0. The quantitative estimate of drug-likeness (QED) is 0.691. The summed E-state index contributed by atoms with van der Waals surface area (Å²) >= 11 is 3.44. The molecule has 6 heteroatoms. The van der Waals surface area contributed by atoms with Crippen molar-refractivity contribution in [3.63, 3.8) is 0 Å². The Morgan fingerprint density at radius 3 is 2.67 bits per heavy atom. The summed E-state index contributed by atoms with van der Waals surface area (Å²) in [7, 11) is 0. The Labute approximate surface area is 111 Å². The van der Waals surface area contributed by atoms with Crippen molar-refractivity contribution in [3.05, 3.63) is 34.4 Å². The molecule has 0 amide bonds. The van der Waals surface area contributed by atoms with Gasteiger partial charge in [0.05, 0.1) is 5.52 Å². The second-order valence-electron chi connectivity index (χ2n) is 3.92. The summed E-state index contributed by atoms with van der Waals surface area (Å²) in [5.41, 5.74) is 1.55. The fraction of sp³-hybridized carbons (Fsp3) is 0.167. The minimum absolute atomic E-state index is 0.487. The van der Waals surface area contributed by atoms with Gasteiger partial charge >= 0.3 is 0 Å². The lowest BCUT2D eigenvalue weighted by Crippen LogP contribution is -1.95. The van der Waals surface area contributed by atoms with E-state index in [1.54, 1.807) is 6.92 Å². The fourth-order valence-corrected chi connectivity index (χ4v) is 2.14. The molecule has 0 spiro atoms. The van der Waals surface area contributed by atoms with Crippen LogP contribution < -0.4 is 0 Å². The average molecular weight is 305 g/mol. The molecule has 0 bridgehead atoms. The highest BCUT2D eigenvalue weighted by Crippen LogP contribution is 2.26. The van der Waals surface area contributed by atoms with Crippen LogP contribution in [0, 0.1) is 13.8 Å². The Bertz CT molecular complexity index is 738. The molecule has 0 unspecified atom stereocenters. The van der Waals surface area contributed by atoms with Gasteiger partial charge in [-0.2, -0.15) is 4.98 Å². The smallest absolute Gasteiger partial charge is 0.223 e. The number of benzene rings is 1. The number of nitrogens with zero attached hydrogens (tertiary/aromatic N) is 4. The van der Waals surface area contributed by atoms with Gasteiger partial charge in [-0.05, 0) is 25.1 Å². The maximum Gasteiger partial charge on any atom is 0.223 e. The molecule has 2 heterocycles. The van der Waals surface area contributed by atoms with Crippen molar-refractivity contribution in [2.75, 3.05) is 0 Å². The molecule has 0 N–H and O–H groups in total. The first-order chi connectivity index (χ1) is 8.63. The van der Waals surface area contributed by atoms with E-state index >= 15 is 0 Å². The summed E-state index contributed by atoms with van der Waals surface area (Å²) in [4.78, 5) is 13.0. The Morgan fingerprint density at radius 1 is 1.11 bits per heavy atom. The number of halogens is 1. The molecule has 90 valence electrons. The molecule has 0 atom stereocenters. The first kappa shape index (κ1) is 11.3. The van der Waals surface area contributed by atoms with Crippen molar-refractivity contribution in [2.45, 2.75) is 13.8 Å². The van der Waals surface area contributed by atoms with Crippen LogP contribution in [0.2, 0.25) is 0 Å². The lowest BCUT2D eigenvalue weighted by Gasteiger charge is -2.03. The van der Waals surface area contributed by atoms with Gasteiger partial charge in [-0.15, -0.1) is 0 Å². The minimum atomic E-state index is 0.487. The number of aromatic nitrogens is 4. The van der Waals surface area contributed by atoms with Gasteiger partial charge in [0.25, 0.3) is 0 Å². The van der Waals surface area contributed by atoms with Crippen LogP contribution in [0.5, 0.6) is 0 Å². The van der Waals surface area contributed by atoms with Crippen LogP contribution in [-0.2, 0) is 0 Å². The van der Waals surface area contributed by atoms with Crippen molar-refractivity contribution in [3.8, 4) is 11.5 Å². The molecule has 0 aliphatic rings. The molecule has 0 aliphatic heterocycles. The fourth-order valence-electron chi connectivity index (χ4n) is 1.78. The molecule has 0 radical (unpaired) electrons. The minimum Gasteiger partial charge on any atom is -0.339 e. The van der Waals surface area contributed by atoms with Gasteiger partial charge in [-0.3, -0.25) is 0 Å². The normalized spacial score (nSPS) is 11.1. The van der Waals surface area contributed by atoms with Gasteiger partial charge in [0, 0.05) is 16.8 Å². The zero-order valence-corrected chi connectivity index (χ0v) is 11.4. The van der Waals surface area contributed by atoms with Crippen LogP contribution in [0.4, 0.5) is 0 Å². The molecule has 0 saturated carbocycles. The third-order valence-corrected chi connectivity index (χ3v) is 3.00. The summed E-state index contributed by atoms with van der Waals surface area (Å²) in [5.74, 6) is 1.69. The van der Waals surface area contributed by atoms with Gasteiger partial charge in [0.15, 0.2) is 0 Å². The maximum absolute atomic E-state index is 5.00. The van der Waals surface area contributed by atoms with Crippen LogP contribution in [0.15, 0.2) is 27.2 Å². The van der Waals surface area contributed by atoms with Gasteiger partial charge < -0.3 is 4.52 Å². The zero-order valence-electron chi connectivity index (χ0n) is 9.81. The molecule has 3 rings (SSSR count). The predicted molar refractivity (Wildman–Crippen MR) is 70.0 cm³/mol. The molecule has 18 heavy (non-hydrogen) atoms. The van der Waals surface area contributed by atoms with Gasteiger partial charge in [-0.25, -0.2) is 9.97 Å². The summed E-state index contributed by atoms with van der Waals surface area (Å²) in [6.45, 7) is 3.60. The Kier molecular flexibility index (Phi) is 2.59. The van der Waals surface area contributed by atoms with Crippen molar-refractivity contribution < 1.29 is 4.52 Å². The lowest BCUT2D eigenvalue weighted by molar-refractivity contribution is 0.394.